The zero-order valence-electron chi connectivity index (χ0n) is 23.8. The fourth-order valence-corrected chi connectivity index (χ4v) is 4.80. The van der Waals surface area contributed by atoms with E-state index in [1.165, 1.54) is 36.4 Å². The van der Waals surface area contributed by atoms with Crippen LogP contribution in [0.2, 0.25) is 5.02 Å². The van der Waals surface area contributed by atoms with Crippen molar-refractivity contribution in [1.82, 2.24) is 14.5 Å². The number of ether oxygens (including phenoxy) is 3. The number of carboxylic acid groups (broad SMARTS) is 1. The Labute approximate surface area is 259 Å². The molecule has 8 nitrogen and oxygen atoms in total. The third kappa shape index (κ3) is 7.89. The Morgan fingerprint density at radius 2 is 1.78 bits per heavy atom. The van der Waals surface area contributed by atoms with Gasteiger partial charge in [-0.05, 0) is 48.0 Å². The highest BCUT2D eigenvalue weighted by molar-refractivity contribution is 6.30. The number of pyridine rings is 1. The molecule has 0 unspecified atom stereocenters. The highest BCUT2D eigenvalue weighted by Gasteiger charge is 2.29. The quantitative estimate of drug-likeness (QED) is 0.142. The molecule has 0 spiro atoms. The van der Waals surface area contributed by atoms with Crippen LogP contribution in [0.25, 0.3) is 22.3 Å². The lowest BCUT2D eigenvalue weighted by Crippen LogP contribution is -2.20. The van der Waals surface area contributed by atoms with Crippen LogP contribution in [0.1, 0.15) is 27.3 Å². The van der Waals surface area contributed by atoms with Crippen molar-refractivity contribution in [2.45, 2.75) is 25.7 Å². The summed E-state index contributed by atoms with van der Waals surface area (Å²) in [6.45, 7) is -0.881. The van der Waals surface area contributed by atoms with Gasteiger partial charge in [0, 0.05) is 42.3 Å². The smallest absolute Gasteiger partial charge is 0.422 e. The number of rotatable bonds is 12. The molecule has 0 bridgehead atoms. The molecule has 0 atom stereocenters. The second kappa shape index (κ2) is 13.5. The third-order valence-corrected chi connectivity index (χ3v) is 7.05. The van der Waals surface area contributed by atoms with Gasteiger partial charge < -0.3 is 23.9 Å². The summed E-state index contributed by atoms with van der Waals surface area (Å²) >= 11 is 5.93. The molecule has 0 aliphatic carbocycles. The summed E-state index contributed by atoms with van der Waals surface area (Å²) < 4.78 is 71.1. The fraction of sp³-hybridized carbons (Fsp3) is 0.219. The van der Waals surface area contributed by atoms with E-state index in [2.05, 4.69) is 9.97 Å². The Morgan fingerprint density at radius 3 is 2.51 bits per heavy atom. The molecule has 1 N–H and O–H groups in total. The molecule has 2 aromatic heterocycles. The predicted molar refractivity (Wildman–Crippen MR) is 158 cm³/mol. The molecule has 5 aromatic rings. The number of aromatic nitrogens is 3. The van der Waals surface area contributed by atoms with Gasteiger partial charge in [0.15, 0.2) is 6.61 Å². The number of nitrogens with zero attached hydrogens (tertiary/aromatic N) is 3. The maximum absolute atomic E-state index is 15.4. The summed E-state index contributed by atoms with van der Waals surface area (Å²) in [7, 11) is 1.55. The minimum atomic E-state index is -4.52. The number of imidazole rings is 1. The molecular formula is C32H26ClF4N3O5. The fourth-order valence-electron chi connectivity index (χ4n) is 4.64. The van der Waals surface area contributed by atoms with Gasteiger partial charge in [0.25, 0.3) is 0 Å². The Bertz CT molecular complexity index is 1840. The average molecular weight is 644 g/mol. The maximum atomic E-state index is 15.4. The summed E-state index contributed by atoms with van der Waals surface area (Å²) in [5.41, 5.74) is 2.90. The largest absolute Gasteiger partial charge is 0.484 e. The van der Waals surface area contributed by atoms with Crippen LogP contribution in [-0.2, 0) is 24.3 Å². The molecule has 0 fully saturated rings. The summed E-state index contributed by atoms with van der Waals surface area (Å²) in [5.74, 6) is -0.907. The predicted octanol–water partition coefficient (Wildman–Crippen LogP) is 7.35. The van der Waals surface area contributed by atoms with Crippen molar-refractivity contribution in [1.29, 1.82) is 0 Å². The normalized spacial score (nSPS) is 11.6. The van der Waals surface area contributed by atoms with E-state index >= 15 is 4.39 Å². The highest BCUT2D eigenvalue weighted by Crippen LogP contribution is 2.29. The lowest BCUT2D eigenvalue weighted by atomic mass is 10.1. The van der Waals surface area contributed by atoms with Crippen molar-refractivity contribution in [3.05, 3.63) is 106 Å². The van der Waals surface area contributed by atoms with Gasteiger partial charge in [-0.3, -0.25) is 0 Å². The monoisotopic (exact) mass is 643 g/mol. The van der Waals surface area contributed by atoms with Gasteiger partial charge in [-0.15, -0.1) is 0 Å². The van der Waals surface area contributed by atoms with Gasteiger partial charge in [0.1, 0.15) is 24.0 Å². The van der Waals surface area contributed by atoms with E-state index in [4.69, 9.17) is 25.8 Å². The lowest BCUT2D eigenvalue weighted by molar-refractivity contribution is -0.153. The zero-order chi connectivity index (χ0) is 32.1. The van der Waals surface area contributed by atoms with Crippen LogP contribution in [0.15, 0.2) is 72.8 Å². The Morgan fingerprint density at radius 1 is 0.978 bits per heavy atom. The minimum absolute atomic E-state index is 0.0632. The van der Waals surface area contributed by atoms with Crippen molar-refractivity contribution in [2.24, 2.45) is 0 Å². The standard InChI is InChI=1S/C32H26ClF4N3O5/c1-43-12-11-40-27-14-21(31(41)42)8-10-26(27)38-29(40)15-19-5-6-20(13-24(19)34)25-3-2-4-30(39-25)44-17-22-7-9-23(33)16-28(22)45-18-32(35,36)37/h2-10,13-14,16H,11-12,15,17-18H2,1H3,(H,41,42). The number of benzene rings is 3. The molecule has 0 saturated carbocycles. The first-order chi connectivity index (χ1) is 21.5. The molecule has 234 valence electrons. The topological polar surface area (TPSA) is 95.7 Å². The van der Waals surface area contributed by atoms with Crippen molar-refractivity contribution >= 4 is 28.6 Å². The van der Waals surface area contributed by atoms with Crippen LogP contribution in [0, 0.1) is 5.82 Å². The summed E-state index contributed by atoms with van der Waals surface area (Å²) in [5, 5.41) is 9.62. The second-order valence-corrected chi connectivity index (χ2v) is 10.4. The van der Waals surface area contributed by atoms with Gasteiger partial charge in [0.05, 0.1) is 28.9 Å². The molecule has 2 heterocycles. The van der Waals surface area contributed by atoms with Crippen LogP contribution >= 0.6 is 11.6 Å². The number of carbonyl (C=O) groups is 1. The van der Waals surface area contributed by atoms with E-state index in [1.807, 2.05) is 4.57 Å². The van der Waals surface area contributed by atoms with Crippen LogP contribution in [0.4, 0.5) is 17.6 Å². The summed E-state index contributed by atoms with van der Waals surface area (Å²) in [6, 6.07) is 18.5. The van der Waals surface area contributed by atoms with Crippen LogP contribution in [0.5, 0.6) is 11.6 Å². The van der Waals surface area contributed by atoms with E-state index in [9.17, 15) is 23.1 Å². The average Bonchev–Trinajstić information content (AvgIpc) is 3.35. The molecule has 0 aliphatic rings. The van der Waals surface area contributed by atoms with E-state index in [0.717, 1.165) is 0 Å². The van der Waals surface area contributed by atoms with Gasteiger partial charge in [0.2, 0.25) is 5.88 Å². The van der Waals surface area contributed by atoms with Gasteiger partial charge >= 0.3 is 12.1 Å². The number of aromatic carboxylic acids is 1. The number of alkyl halides is 3. The van der Waals surface area contributed by atoms with E-state index in [1.54, 1.807) is 43.5 Å². The van der Waals surface area contributed by atoms with Crippen LogP contribution in [-0.4, -0.2) is 52.1 Å². The van der Waals surface area contributed by atoms with Crippen molar-refractivity contribution < 1.29 is 41.7 Å². The zero-order valence-corrected chi connectivity index (χ0v) is 24.5. The van der Waals surface area contributed by atoms with E-state index in [-0.39, 0.29) is 35.2 Å². The Hall–Kier alpha value is -4.68. The molecule has 45 heavy (non-hydrogen) atoms. The molecule has 0 aliphatic heterocycles. The van der Waals surface area contributed by atoms with Gasteiger partial charge in [-0.2, -0.15) is 13.2 Å². The SMILES string of the molecule is COCCn1c(Cc2ccc(-c3cccc(OCc4ccc(Cl)cc4OCC(F)(F)F)n3)cc2F)nc2ccc(C(=O)O)cc21. The lowest BCUT2D eigenvalue weighted by Gasteiger charge is -2.14. The first-order valence-electron chi connectivity index (χ1n) is 13.6. The maximum Gasteiger partial charge on any atom is 0.422 e. The number of halogens is 5. The van der Waals surface area contributed by atoms with Crippen LogP contribution in [0.3, 0.4) is 0 Å². The van der Waals surface area contributed by atoms with E-state index in [0.29, 0.717) is 52.4 Å². The van der Waals surface area contributed by atoms with Gasteiger partial charge in [-0.1, -0.05) is 35.9 Å². The van der Waals surface area contributed by atoms with Crippen molar-refractivity contribution in [3.8, 4) is 22.9 Å². The summed E-state index contributed by atoms with van der Waals surface area (Å²) in [6.07, 6.45) is -4.38. The number of hydrogen-bond acceptors (Lipinski definition) is 6. The van der Waals surface area contributed by atoms with E-state index < -0.39 is 24.6 Å². The number of carboxylic acids is 1. The molecule has 5 rings (SSSR count). The van der Waals surface area contributed by atoms with Crippen molar-refractivity contribution in [3.63, 3.8) is 0 Å². The Balaban J connectivity index is 1.34. The third-order valence-electron chi connectivity index (χ3n) is 6.81. The highest BCUT2D eigenvalue weighted by atomic mass is 35.5. The molecule has 0 radical (unpaired) electrons. The first kappa shape index (κ1) is 31.7. The number of fused-ring (bicyclic) bond motifs is 1. The first-order valence-corrected chi connectivity index (χ1v) is 14.0. The summed E-state index contributed by atoms with van der Waals surface area (Å²) in [4.78, 5) is 20.6. The molecule has 3 aromatic carbocycles. The minimum Gasteiger partial charge on any atom is -0.484 e. The molecule has 0 amide bonds. The van der Waals surface area contributed by atoms with Crippen molar-refractivity contribution in [2.75, 3.05) is 20.3 Å². The molecule has 13 heteroatoms. The Kier molecular flexibility index (Phi) is 9.54. The number of hydrogen-bond donors (Lipinski definition) is 1. The molecular weight excluding hydrogens is 618 g/mol. The second-order valence-electron chi connectivity index (χ2n) is 9.97. The van der Waals surface area contributed by atoms with Crippen LogP contribution < -0.4 is 9.47 Å². The number of methoxy groups -OCH3 is 1. The van der Waals surface area contributed by atoms with Gasteiger partial charge in [-0.25, -0.2) is 19.2 Å². The molecule has 0 saturated heterocycles.